The lowest BCUT2D eigenvalue weighted by atomic mass is 10.1. The molecule has 0 radical (unpaired) electrons. The molecule has 0 atom stereocenters. The van der Waals surface area contributed by atoms with Crippen molar-refractivity contribution in [3.63, 3.8) is 0 Å². The predicted molar refractivity (Wildman–Crippen MR) is 130 cm³/mol. The molecular weight excluding hydrogens is 471 g/mol. The van der Waals surface area contributed by atoms with Gasteiger partial charge in [-0.15, -0.1) is 0 Å². The van der Waals surface area contributed by atoms with Gasteiger partial charge in [-0.25, -0.2) is 23.9 Å². The van der Waals surface area contributed by atoms with Crippen LogP contribution in [-0.4, -0.2) is 55.2 Å². The molecule has 11 nitrogen and oxygen atoms in total. The minimum absolute atomic E-state index is 0.162. The van der Waals surface area contributed by atoms with Crippen LogP contribution in [0.3, 0.4) is 0 Å². The maximum atomic E-state index is 14.4. The molecule has 36 heavy (non-hydrogen) atoms. The number of carbonyl (C=O) groups is 3. The first-order valence-electron chi connectivity index (χ1n) is 11.0. The van der Waals surface area contributed by atoms with Gasteiger partial charge in [-0.1, -0.05) is 0 Å². The van der Waals surface area contributed by atoms with Crippen LogP contribution < -0.4 is 10.2 Å². The summed E-state index contributed by atoms with van der Waals surface area (Å²) in [6, 6.07) is 5.93. The van der Waals surface area contributed by atoms with Crippen molar-refractivity contribution in [3.05, 3.63) is 42.0 Å². The lowest BCUT2D eigenvalue weighted by Crippen LogP contribution is -2.34. The number of aryl methyl sites for hydroxylation is 1. The number of H-pyrrole nitrogens is 1. The zero-order valence-electron chi connectivity index (χ0n) is 20.3. The minimum Gasteiger partial charge on any atom is -0.474 e. The van der Waals surface area contributed by atoms with Gasteiger partial charge in [0.2, 0.25) is 0 Å². The number of fused-ring (bicyclic) bond motifs is 3. The molecule has 0 aliphatic carbocycles. The van der Waals surface area contributed by atoms with E-state index in [-0.39, 0.29) is 12.4 Å². The van der Waals surface area contributed by atoms with E-state index in [1.165, 1.54) is 17.0 Å². The highest BCUT2D eigenvalue weighted by Crippen LogP contribution is 2.33. The topological polar surface area (TPSA) is 142 Å². The first-order chi connectivity index (χ1) is 16.8. The molecule has 0 saturated heterocycles. The maximum absolute atomic E-state index is 14.4. The van der Waals surface area contributed by atoms with Gasteiger partial charge in [0.15, 0.2) is 5.82 Å². The van der Waals surface area contributed by atoms with E-state index in [1.807, 2.05) is 7.05 Å². The van der Waals surface area contributed by atoms with Gasteiger partial charge >= 0.3 is 18.0 Å². The fraction of sp³-hybridized carbons (Fsp3) is 0.292. The van der Waals surface area contributed by atoms with Gasteiger partial charge in [0.1, 0.15) is 22.6 Å². The molecule has 3 N–H and O–H groups in total. The number of rotatable bonds is 4. The number of amides is 2. The summed E-state index contributed by atoms with van der Waals surface area (Å²) in [5.74, 6) is -3.08. The number of nitrogens with zero attached hydrogens (tertiary/aromatic N) is 4. The largest absolute Gasteiger partial charge is 0.474 e. The fourth-order valence-electron chi connectivity index (χ4n) is 3.75. The monoisotopic (exact) mass is 496 g/mol. The van der Waals surface area contributed by atoms with E-state index in [9.17, 15) is 18.8 Å². The van der Waals surface area contributed by atoms with Crippen LogP contribution >= 0.6 is 0 Å². The lowest BCUT2D eigenvalue weighted by molar-refractivity contribution is -0.150. The highest BCUT2D eigenvalue weighted by atomic mass is 19.1. The van der Waals surface area contributed by atoms with Crippen LogP contribution in [0, 0.1) is 5.82 Å². The molecule has 1 aromatic carbocycles. The SMILES string of the molecule is CN(C(=O)OC(C)(C)C)c1nc2[nH]c(-c3cc(F)cc(CNC(=O)C(=O)O)c3)cc2c2c1ncn2C. The lowest BCUT2D eigenvalue weighted by Gasteiger charge is -2.24. The van der Waals surface area contributed by atoms with Crippen molar-refractivity contribution < 1.29 is 28.6 Å². The number of benzene rings is 1. The third kappa shape index (κ3) is 4.83. The molecule has 0 fully saturated rings. The molecule has 0 aliphatic heterocycles. The summed E-state index contributed by atoms with van der Waals surface area (Å²) in [7, 11) is 3.36. The molecule has 3 aromatic heterocycles. The number of ether oxygens (including phenoxy) is 1. The molecule has 2 amide bonds. The number of carbonyl (C=O) groups excluding carboxylic acids is 2. The number of halogens is 1. The van der Waals surface area contributed by atoms with Gasteiger partial charge in [0.25, 0.3) is 0 Å². The van der Waals surface area contributed by atoms with Crippen molar-refractivity contribution in [2.75, 3.05) is 11.9 Å². The summed E-state index contributed by atoms with van der Waals surface area (Å²) in [4.78, 5) is 48.3. The van der Waals surface area contributed by atoms with E-state index >= 15 is 0 Å². The van der Waals surface area contributed by atoms with Crippen LogP contribution in [0.25, 0.3) is 33.3 Å². The number of carboxylic acids is 1. The molecule has 188 valence electrons. The summed E-state index contributed by atoms with van der Waals surface area (Å²) >= 11 is 0. The van der Waals surface area contributed by atoms with Crippen LogP contribution in [0.5, 0.6) is 0 Å². The maximum Gasteiger partial charge on any atom is 0.415 e. The molecule has 0 saturated carbocycles. The summed E-state index contributed by atoms with van der Waals surface area (Å²) in [5, 5.41) is 11.6. The number of aromatic amines is 1. The molecule has 4 rings (SSSR count). The predicted octanol–water partition coefficient (Wildman–Crippen LogP) is 3.33. The third-order valence-electron chi connectivity index (χ3n) is 5.32. The smallest absolute Gasteiger partial charge is 0.415 e. The number of aromatic nitrogens is 4. The summed E-state index contributed by atoms with van der Waals surface area (Å²) in [5.41, 5.74) is 2.31. The molecule has 0 unspecified atom stereocenters. The van der Waals surface area contributed by atoms with E-state index in [1.54, 1.807) is 50.8 Å². The van der Waals surface area contributed by atoms with Crippen molar-refractivity contribution in [1.29, 1.82) is 0 Å². The Balaban J connectivity index is 1.78. The van der Waals surface area contributed by atoms with Gasteiger partial charge in [-0.3, -0.25) is 9.69 Å². The van der Waals surface area contributed by atoms with Gasteiger partial charge in [0, 0.05) is 37.3 Å². The van der Waals surface area contributed by atoms with Gasteiger partial charge in [-0.2, -0.15) is 0 Å². The Morgan fingerprint density at radius 3 is 2.61 bits per heavy atom. The van der Waals surface area contributed by atoms with Crippen LogP contribution in [0.4, 0.5) is 15.0 Å². The highest BCUT2D eigenvalue weighted by molar-refractivity contribution is 6.31. The standard InChI is InChI=1S/C24H25FN6O5/c1-24(2,3)36-23(35)31(5)20-17-18(30(4)11-27-17)15-9-16(28-19(15)29-20)13-6-12(7-14(25)8-13)10-26-21(32)22(33)34/h6-9,11H,10H2,1-5H3,(H,26,32)(H,28,29)(H,33,34). The Morgan fingerprint density at radius 2 is 1.94 bits per heavy atom. The number of nitrogens with one attached hydrogen (secondary N) is 2. The normalized spacial score (nSPS) is 11.6. The second-order valence-corrected chi connectivity index (χ2v) is 9.31. The Hall–Kier alpha value is -4.48. The zero-order valence-corrected chi connectivity index (χ0v) is 20.3. The van der Waals surface area contributed by atoms with Crippen LogP contribution in [-0.2, 0) is 27.9 Å². The molecule has 3 heterocycles. The first kappa shape index (κ1) is 24.6. The summed E-state index contributed by atoms with van der Waals surface area (Å²) in [6.45, 7) is 5.14. The van der Waals surface area contributed by atoms with E-state index in [0.29, 0.717) is 38.9 Å². The number of imidazole rings is 1. The number of aliphatic carboxylic acids is 1. The van der Waals surface area contributed by atoms with Crippen LogP contribution in [0.15, 0.2) is 30.6 Å². The summed E-state index contributed by atoms with van der Waals surface area (Å²) in [6.07, 6.45) is 1.02. The average molecular weight is 496 g/mol. The number of pyridine rings is 1. The van der Waals surface area contributed by atoms with Crippen molar-refractivity contribution >= 4 is 45.9 Å². The van der Waals surface area contributed by atoms with E-state index in [0.717, 1.165) is 0 Å². The number of hydrogen-bond donors (Lipinski definition) is 3. The fourth-order valence-corrected chi connectivity index (χ4v) is 3.75. The van der Waals surface area contributed by atoms with Crippen molar-refractivity contribution in [2.24, 2.45) is 7.05 Å². The highest BCUT2D eigenvalue weighted by Gasteiger charge is 2.25. The van der Waals surface area contributed by atoms with Crippen LogP contribution in [0.1, 0.15) is 26.3 Å². The zero-order chi connectivity index (χ0) is 26.4. The van der Waals surface area contributed by atoms with Gasteiger partial charge < -0.3 is 24.7 Å². The number of hydrogen-bond acceptors (Lipinski definition) is 6. The average Bonchev–Trinajstić information content (AvgIpc) is 3.38. The van der Waals surface area contributed by atoms with Crippen molar-refractivity contribution in [1.82, 2.24) is 24.8 Å². The molecule has 4 aromatic rings. The first-order valence-corrected chi connectivity index (χ1v) is 11.0. The van der Waals surface area contributed by atoms with Crippen molar-refractivity contribution in [2.45, 2.75) is 32.9 Å². The minimum atomic E-state index is -1.62. The van der Waals surface area contributed by atoms with E-state index in [2.05, 4.69) is 20.3 Å². The Morgan fingerprint density at radius 1 is 1.22 bits per heavy atom. The Kier molecular flexibility index (Phi) is 6.12. The quantitative estimate of drug-likeness (QED) is 0.368. The van der Waals surface area contributed by atoms with E-state index in [4.69, 9.17) is 9.84 Å². The summed E-state index contributed by atoms with van der Waals surface area (Å²) < 4.78 is 21.6. The van der Waals surface area contributed by atoms with Crippen LogP contribution in [0.2, 0.25) is 0 Å². The molecule has 0 aliphatic rings. The third-order valence-corrected chi connectivity index (χ3v) is 5.32. The second kappa shape index (κ2) is 8.95. The molecule has 0 spiro atoms. The molecule has 12 heteroatoms. The molecular formula is C24H25FN6O5. The Bertz CT molecular complexity index is 1520. The van der Waals surface area contributed by atoms with Gasteiger partial charge in [0.05, 0.1) is 11.8 Å². The molecule has 0 bridgehead atoms. The second-order valence-electron chi connectivity index (χ2n) is 9.31. The number of anilines is 1. The van der Waals surface area contributed by atoms with E-state index < -0.39 is 29.4 Å². The number of carboxylic acid groups (broad SMARTS) is 1. The van der Waals surface area contributed by atoms with Gasteiger partial charge in [-0.05, 0) is 50.6 Å². The van der Waals surface area contributed by atoms with Crippen molar-refractivity contribution in [3.8, 4) is 11.3 Å². The Labute approximate surface area is 204 Å².